The third-order valence-electron chi connectivity index (χ3n) is 4.38. The van der Waals surface area contributed by atoms with Crippen molar-refractivity contribution in [1.82, 2.24) is 9.78 Å². The number of nitrogens with zero attached hydrogens (tertiary/aromatic N) is 2. The number of hydrogen-bond acceptors (Lipinski definition) is 3. The molecule has 1 heterocycles. The van der Waals surface area contributed by atoms with Gasteiger partial charge in [0, 0.05) is 16.3 Å². The van der Waals surface area contributed by atoms with Crippen LogP contribution in [-0.2, 0) is 0 Å². The van der Waals surface area contributed by atoms with Gasteiger partial charge in [-0.1, -0.05) is 48.0 Å². The molecular formula is C23H17ClN4O2. The van der Waals surface area contributed by atoms with Gasteiger partial charge in [0.25, 0.3) is 11.8 Å². The highest BCUT2D eigenvalue weighted by Gasteiger charge is 2.21. The number of carbonyl (C=O) groups excluding carboxylic acids is 2. The summed E-state index contributed by atoms with van der Waals surface area (Å²) in [6.07, 6.45) is 1.43. The molecule has 7 heteroatoms. The van der Waals surface area contributed by atoms with Gasteiger partial charge in [0.2, 0.25) is 0 Å². The predicted octanol–water partition coefficient (Wildman–Crippen LogP) is 5.03. The molecule has 0 aliphatic carbocycles. The first-order chi connectivity index (χ1) is 14.6. The van der Waals surface area contributed by atoms with Crippen LogP contribution in [0.4, 0.5) is 11.5 Å². The maximum Gasteiger partial charge on any atom is 0.261 e. The first-order valence-corrected chi connectivity index (χ1v) is 9.56. The van der Waals surface area contributed by atoms with Gasteiger partial charge in [-0.3, -0.25) is 9.59 Å². The van der Waals surface area contributed by atoms with Crippen LogP contribution in [0.3, 0.4) is 0 Å². The van der Waals surface area contributed by atoms with Crippen molar-refractivity contribution in [2.75, 3.05) is 10.6 Å². The molecule has 4 rings (SSSR count). The highest BCUT2D eigenvalue weighted by molar-refractivity contribution is 6.30. The molecular weight excluding hydrogens is 400 g/mol. The number of nitrogens with one attached hydrogen (secondary N) is 2. The quantitative estimate of drug-likeness (QED) is 0.479. The summed E-state index contributed by atoms with van der Waals surface area (Å²) in [5, 5.41) is 10.5. The molecule has 4 aromatic rings. The van der Waals surface area contributed by atoms with Crippen molar-refractivity contribution in [2.24, 2.45) is 0 Å². The molecule has 0 bridgehead atoms. The first-order valence-electron chi connectivity index (χ1n) is 9.18. The Kier molecular flexibility index (Phi) is 5.59. The van der Waals surface area contributed by atoms with Crippen LogP contribution in [-0.4, -0.2) is 21.6 Å². The molecule has 1 aromatic heterocycles. The number of para-hydroxylation sites is 1. The zero-order valence-corrected chi connectivity index (χ0v) is 16.5. The van der Waals surface area contributed by atoms with Crippen LogP contribution < -0.4 is 10.6 Å². The van der Waals surface area contributed by atoms with Gasteiger partial charge < -0.3 is 10.6 Å². The molecule has 0 aliphatic rings. The van der Waals surface area contributed by atoms with Crippen LogP contribution in [0, 0.1) is 0 Å². The second-order valence-electron chi connectivity index (χ2n) is 6.44. The van der Waals surface area contributed by atoms with E-state index in [-0.39, 0.29) is 17.3 Å². The molecule has 0 saturated heterocycles. The topological polar surface area (TPSA) is 76.0 Å². The van der Waals surface area contributed by atoms with E-state index in [1.807, 2.05) is 36.4 Å². The summed E-state index contributed by atoms with van der Waals surface area (Å²) in [6, 6.07) is 24.8. The lowest BCUT2D eigenvalue weighted by Crippen LogP contribution is -2.19. The van der Waals surface area contributed by atoms with Crippen molar-refractivity contribution in [3.05, 3.63) is 107 Å². The molecule has 2 N–H and O–H groups in total. The Labute approximate surface area is 178 Å². The summed E-state index contributed by atoms with van der Waals surface area (Å²) >= 11 is 5.90. The second kappa shape index (κ2) is 8.63. The van der Waals surface area contributed by atoms with Gasteiger partial charge in [-0.15, -0.1) is 0 Å². The minimum atomic E-state index is -0.400. The molecule has 0 radical (unpaired) electrons. The third-order valence-corrected chi connectivity index (χ3v) is 4.64. The summed E-state index contributed by atoms with van der Waals surface area (Å²) in [7, 11) is 0. The van der Waals surface area contributed by atoms with Crippen molar-refractivity contribution in [3.63, 3.8) is 0 Å². The number of aromatic nitrogens is 2. The van der Waals surface area contributed by atoms with Crippen LogP contribution in [0.15, 0.2) is 91.1 Å². The van der Waals surface area contributed by atoms with Crippen LogP contribution in [0.25, 0.3) is 5.69 Å². The Balaban J connectivity index is 1.69. The maximum absolute atomic E-state index is 12.9. The normalized spacial score (nSPS) is 10.4. The van der Waals surface area contributed by atoms with E-state index in [0.717, 1.165) is 0 Å². The molecule has 0 spiro atoms. The third kappa shape index (κ3) is 4.24. The first kappa shape index (κ1) is 19.4. The molecule has 0 aliphatic heterocycles. The summed E-state index contributed by atoms with van der Waals surface area (Å²) in [6.45, 7) is 0. The number of amides is 2. The Hall–Kier alpha value is -3.90. The van der Waals surface area contributed by atoms with Gasteiger partial charge in [-0.2, -0.15) is 5.10 Å². The van der Waals surface area contributed by atoms with Crippen molar-refractivity contribution < 1.29 is 9.59 Å². The Morgan fingerprint density at radius 2 is 1.40 bits per heavy atom. The van der Waals surface area contributed by atoms with E-state index in [2.05, 4.69) is 15.7 Å². The highest BCUT2D eigenvalue weighted by Crippen LogP contribution is 2.23. The largest absolute Gasteiger partial charge is 0.322 e. The van der Waals surface area contributed by atoms with E-state index in [1.54, 1.807) is 48.5 Å². The summed E-state index contributed by atoms with van der Waals surface area (Å²) in [4.78, 5) is 25.7. The zero-order chi connectivity index (χ0) is 20.9. The van der Waals surface area contributed by atoms with Gasteiger partial charge >= 0.3 is 0 Å². The maximum atomic E-state index is 12.9. The average molecular weight is 417 g/mol. The fraction of sp³-hybridized carbons (Fsp3) is 0. The Morgan fingerprint density at radius 1 is 0.767 bits per heavy atom. The number of benzene rings is 3. The van der Waals surface area contributed by atoms with E-state index in [1.165, 1.54) is 10.9 Å². The summed E-state index contributed by atoms with van der Waals surface area (Å²) in [5.41, 5.74) is 2.00. The lowest BCUT2D eigenvalue weighted by molar-refractivity contribution is 0.102. The van der Waals surface area contributed by atoms with Crippen molar-refractivity contribution in [1.29, 1.82) is 0 Å². The highest BCUT2D eigenvalue weighted by atomic mass is 35.5. The van der Waals surface area contributed by atoms with Crippen LogP contribution in [0.2, 0.25) is 5.02 Å². The molecule has 0 atom stereocenters. The molecule has 148 valence electrons. The molecule has 2 amide bonds. The molecule has 0 saturated carbocycles. The summed E-state index contributed by atoms with van der Waals surface area (Å²) < 4.78 is 1.53. The van der Waals surface area contributed by atoms with E-state index < -0.39 is 5.91 Å². The van der Waals surface area contributed by atoms with Gasteiger partial charge in [0.05, 0.1) is 11.9 Å². The monoisotopic (exact) mass is 416 g/mol. The lowest BCUT2D eigenvalue weighted by atomic mass is 10.2. The van der Waals surface area contributed by atoms with E-state index in [0.29, 0.717) is 22.0 Å². The van der Waals surface area contributed by atoms with Crippen LogP contribution in [0.5, 0.6) is 0 Å². The second-order valence-corrected chi connectivity index (χ2v) is 6.87. The van der Waals surface area contributed by atoms with Crippen molar-refractivity contribution >= 4 is 34.9 Å². The average Bonchev–Trinajstić information content (AvgIpc) is 3.20. The minimum Gasteiger partial charge on any atom is -0.322 e. The van der Waals surface area contributed by atoms with Crippen molar-refractivity contribution in [3.8, 4) is 5.69 Å². The predicted molar refractivity (Wildman–Crippen MR) is 117 cm³/mol. The number of hydrogen-bond donors (Lipinski definition) is 2. The van der Waals surface area contributed by atoms with E-state index >= 15 is 0 Å². The Morgan fingerprint density at radius 3 is 2.07 bits per heavy atom. The fourth-order valence-electron chi connectivity index (χ4n) is 2.90. The van der Waals surface area contributed by atoms with Gasteiger partial charge in [0.15, 0.2) is 0 Å². The smallest absolute Gasteiger partial charge is 0.261 e. The lowest BCUT2D eigenvalue weighted by Gasteiger charge is -2.12. The Bertz CT molecular complexity index is 1170. The van der Waals surface area contributed by atoms with Gasteiger partial charge in [-0.05, 0) is 48.5 Å². The number of carbonyl (C=O) groups is 2. The number of halogens is 1. The number of rotatable bonds is 5. The van der Waals surface area contributed by atoms with Crippen molar-refractivity contribution in [2.45, 2.75) is 0 Å². The SMILES string of the molecule is O=C(Nc1c(C(=O)Nc2ccc(Cl)cc2)cnn1-c1ccccc1)c1ccccc1. The zero-order valence-electron chi connectivity index (χ0n) is 15.7. The van der Waals surface area contributed by atoms with E-state index in [9.17, 15) is 9.59 Å². The minimum absolute atomic E-state index is 0.234. The summed E-state index contributed by atoms with van der Waals surface area (Å²) in [5.74, 6) is -0.460. The van der Waals surface area contributed by atoms with E-state index in [4.69, 9.17) is 11.6 Å². The number of anilines is 2. The molecule has 30 heavy (non-hydrogen) atoms. The van der Waals surface area contributed by atoms with Crippen LogP contribution >= 0.6 is 11.6 Å². The standard InChI is InChI=1S/C23H17ClN4O2/c24-17-11-13-18(14-12-17)26-23(30)20-15-25-28(19-9-5-2-6-10-19)21(20)27-22(29)16-7-3-1-4-8-16/h1-15H,(H,26,30)(H,27,29). The molecule has 6 nitrogen and oxygen atoms in total. The van der Waals surface area contributed by atoms with Gasteiger partial charge in [-0.25, -0.2) is 4.68 Å². The molecule has 3 aromatic carbocycles. The fourth-order valence-corrected chi connectivity index (χ4v) is 3.03. The molecule has 0 unspecified atom stereocenters. The van der Waals surface area contributed by atoms with Crippen LogP contribution in [0.1, 0.15) is 20.7 Å². The molecule has 0 fully saturated rings. The van der Waals surface area contributed by atoms with Gasteiger partial charge in [0.1, 0.15) is 11.4 Å².